The van der Waals surface area contributed by atoms with Gasteiger partial charge in [-0.3, -0.25) is 19.5 Å². The van der Waals surface area contributed by atoms with Gasteiger partial charge in [-0.15, -0.1) is 0 Å². The number of pyridine rings is 1. The monoisotopic (exact) mass is 350 g/mol. The summed E-state index contributed by atoms with van der Waals surface area (Å²) in [5, 5.41) is 11.7. The number of hydrogen-bond donors (Lipinski definition) is 0. The lowest BCUT2D eigenvalue weighted by molar-refractivity contribution is -0.380. The van der Waals surface area contributed by atoms with E-state index in [1.807, 2.05) is 18.2 Å². The van der Waals surface area contributed by atoms with E-state index in [0.29, 0.717) is 20.4 Å². The van der Waals surface area contributed by atoms with E-state index in [1.165, 1.54) is 10.6 Å². The van der Waals surface area contributed by atoms with Crippen molar-refractivity contribution in [1.82, 2.24) is 4.57 Å². The van der Waals surface area contributed by atoms with Crippen molar-refractivity contribution in [3.63, 3.8) is 0 Å². The first-order chi connectivity index (χ1) is 9.59. The Morgan fingerprint density at radius 2 is 1.85 bits per heavy atom. The fourth-order valence-corrected chi connectivity index (χ4v) is 3.84. The van der Waals surface area contributed by atoms with Crippen molar-refractivity contribution in [2.75, 3.05) is 0 Å². The molecule has 0 saturated carbocycles. The Labute approximate surface area is 125 Å². The molecule has 0 saturated heterocycles. The molecule has 20 heavy (non-hydrogen) atoms. The van der Waals surface area contributed by atoms with Gasteiger partial charge in [-0.05, 0) is 45.5 Å². The van der Waals surface area contributed by atoms with Crippen LogP contribution in [0.1, 0.15) is 0 Å². The van der Waals surface area contributed by atoms with Crippen LogP contribution in [0.2, 0.25) is 0 Å². The van der Waals surface area contributed by atoms with Crippen LogP contribution in [0.25, 0.3) is 15.9 Å². The van der Waals surface area contributed by atoms with Crippen molar-refractivity contribution in [1.29, 1.82) is 0 Å². The highest BCUT2D eigenvalue weighted by atomic mass is 79.9. The Kier molecular flexibility index (Phi) is 3.15. The van der Waals surface area contributed by atoms with Crippen LogP contribution >= 0.6 is 27.3 Å². The highest BCUT2D eigenvalue weighted by Crippen LogP contribution is 2.40. The summed E-state index contributed by atoms with van der Waals surface area (Å²) in [6.45, 7) is 0. The minimum absolute atomic E-state index is 0.00437. The Morgan fingerprint density at radius 3 is 2.50 bits per heavy atom. The number of aromatic nitrogens is 1. The molecule has 3 aromatic rings. The zero-order valence-electron chi connectivity index (χ0n) is 9.95. The fraction of sp³-hybridized carbons (Fsp3) is 0. The van der Waals surface area contributed by atoms with Crippen molar-refractivity contribution in [2.45, 2.75) is 0 Å². The summed E-state index contributed by atoms with van der Waals surface area (Å²) in [7, 11) is 0. The van der Waals surface area contributed by atoms with Crippen LogP contribution in [0.15, 0.2) is 51.7 Å². The molecule has 0 aliphatic heterocycles. The third-order valence-corrected chi connectivity index (χ3v) is 5.05. The predicted molar refractivity (Wildman–Crippen MR) is 81.8 cm³/mol. The number of nitro groups is 1. The second-order valence-electron chi connectivity index (χ2n) is 4.04. The molecule has 3 rings (SSSR count). The van der Waals surface area contributed by atoms with E-state index in [-0.39, 0.29) is 10.6 Å². The lowest BCUT2D eigenvalue weighted by atomic mass is 10.3. The number of nitrogens with zero attached hydrogens (tertiary/aromatic N) is 2. The normalized spacial score (nSPS) is 10.8. The van der Waals surface area contributed by atoms with Gasteiger partial charge in [0.15, 0.2) is 0 Å². The van der Waals surface area contributed by atoms with E-state index < -0.39 is 4.92 Å². The molecule has 0 atom stereocenters. The Hall–Kier alpha value is -1.99. The van der Waals surface area contributed by atoms with Crippen molar-refractivity contribution in [3.8, 4) is 5.69 Å². The molecule has 0 aliphatic rings. The smallest absolute Gasteiger partial charge is 0.269 e. The maximum atomic E-state index is 12.1. The third kappa shape index (κ3) is 1.95. The number of para-hydroxylation sites is 1. The molecule has 2 heterocycles. The second kappa shape index (κ2) is 4.84. The van der Waals surface area contributed by atoms with E-state index in [1.54, 1.807) is 18.2 Å². The topological polar surface area (TPSA) is 65.1 Å². The first-order valence-electron chi connectivity index (χ1n) is 5.63. The van der Waals surface area contributed by atoms with Gasteiger partial charge in [0.1, 0.15) is 9.30 Å². The number of benzene rings is 1. The van der Waals surface area contributed by atoms with Gasteiger partial charge in [0.2, 0.25) is 0 Å². The highest BCUT2D eigenvalue weighted by Gasteiger charge is 2.22. The molecule has 0 radical (unpaired) electrons. The molecule has 0 bridgehead atoms. The van der Waals surface area contributed by atoms with Crippen molar-refractivity contribution >= 4 is 42.5 Å². The van der Waals surface area contributed by atoms with Crippen molar-refractivity contribution in [3.05, 3.63) is 67.4 Å². The van der Waals surface area contributed by atoms with Crippen LogP contribution < -0.4 is 5.56 Å². The summed E-state index contributed by atoms with van der Waals surface area (Å²) in [5.74, 6) is 0. The first-order valence-corrected chi connectivity index (χ1v) is 7.24. The molecule has 0 unspecified atom stereocenters. The molecule has 7 heteroatoms. The number of halogens is 1. The number of thiophene rings is 1. The quantitative estimate of drug-likeness (QED) is 0.522. The van der Waals surface area contributed by atoms with Crippen LogP contribution in [-0.4, -0.2) is 9.49 Å². The van der Waals surface area contributed by atoms with Crippen molar-refractivity contribution in [2.24, 2.45) is 0 Å². The summed E-state index contributed by atoms with van der Waals surface area (Å²) in [5.41, 5.74) is 0.471. The fourth-order valence-electron chi connectivity index (χ4n) is 1.98. The molecule has 5 nitrogen and oxygen atoms in total. The summed E-state index contributed by atoms with van der Waals surface area (Å²) in [6, 6.07) is 12.1. The van der Waals surface area contributed by atoms with Crippen LogP contribution in [0.4, 0.5) is 5.00 Å². The van der Waals surface area contributed by atoms with Crippen molar-refractivity contribution < 1.29 is 4.92 Å². The van der Waals surface area contributed by atoms with Gasteiger partial charge >= 0.3 is 5.00 Å². The maximum Gasteiger partial charge on any atom is 0.340 e. The molecular formula is C13H7BrN2O3S. The van der Waals surface area contributed by atoms with Gasteiger partial charge in [-0.25, -0.2) is 0 Å². The SMILES string of the molecule is O=c1ccc2c(Br)c([N+](=O)[O-])sc2n1-c1ccccc1. The lowest BCUT2D eigenvalue weighted by Gasteiger charge is -2.06. The minimum atomic E-state index is -0.450. The molecule has 0 aliphatic carbocycles. The summed E-state index contributed by atoms with van der Waals surface area (Å²) < 4.78 is 1.89. The molecule has 0 fully saturated rings. The molecule has 2 aromatic heterocycles. The average molecular weight is 351 g/mol. The van der Waals surface area contributed by atoms with Gasteiger partial charge in [0, 0.05) is 11.5 Å². The van der Waals surface area contributed by atoms with E-state index in [2.05, 4.69) is 15.9 Å². The Balaban J connectivity index is 2.43. The van der Waals surface area contributed by atoms with Gasteiger partial charge < -0.3 is 0 Å². The number of rotatable bonds is 2. The van der Waals surface area contributed by atoms with Crippen LogP contribution in [0.5, 0.6) is 0 Å². The summed E-state index contributed by atoms with van der Waals surface area (Å²) in [4.78, 5) is 23.2. The number of hydrogen-bond acceptors (Lipinski definition) is 4. The predicted octanol–water partition coefficient (Wildman–Crippen LogP) is 3.72. The molecule has 1 aromatic carbocycles. The highest BCUT2D eigenvalue weighted by molar-refractivity contribution is 9.10. The van der Waals surface area contributed by atoms with E-state index >= 15 is 0 Å². The van der Waals surface area contributed by atoms with Gasteiger partial charge in [-0.2, -0.15) is 0 Å². The summed E-state index contributed by atoms with van der Waals surface area (Å²) in [6.07, 6.45) is 0. The number of fused-ring (bicyclic) bond motifs is 1. The summed E-state index contributed by atoms with van der Waals surface area (Å²) >= 11 is 4.22. The second-order valence-corrected chi connectivity index (χ2v) is 5.81. The van der Waals surface area contributed by atoms with Gasteiger partial charge in [0.25, 0.3) is 5.56 Å². The first kappa shape index (κ1) is 13.0. The zero-order chi connectivity index (χ0) is 14.3. The van der Waals surface area contributed by atoms with E-state index in [4.69, 9.17) is 0 Å². The third-order valence-electron chi connectivity index (χ3n) is 2.84. The van der Waals surface area contributed by atoms with E-state index in [0.717, 1.165) is 11.3 Å². The largest absolute Gasteiger partial charge is 0.340 e. The van der Waals surface area contributed by atoms with Crippen LogP contribution in [0.3, 0.4) is 0 Å². The molecule has 0 N–H and O–H groups in total. The Bertz CT molecular complexity index is 870. The molecule has 100 valence electrons. The Morgan fingerprint density at radius 1 is 1.15 bits per heavy atom. The molecule has 0 spiro atoms. The standard InChI is InChI=1S/C13H7BrN2O3S/c14-11-9-6-7-10(17)15(8-4-2-1-3-5-8)12(9)20-13(11)16(18)19/h1-7H. The van der Waals surface area contributed by atoms with E-state index in [9.17, 15) is 14.9 Å². The average Bonchev–Trinajstić information content (AvgIpc) is 2.77. The van der Waals surface area contributed by atoms with Gasteiger partial charge in [-0.1, -0.05) is 18.2 Å². The van der Waals surface area contributed by atoms with Crippen LogP contribution in [-0.2, 0) is 0 Å². The van der Waals surface area contributed by atoms with Gasteiger partial charge in [0.05, 0.1) is 10.6 Å². The maximum absolute atomic E-state index is 12.1. The zero-order valence-corrected chi connectivity index (χ0v) is 12.3. The molecular weight excluding hydrogens is 344 g/mol. The minimum Gasteiger partial charge on any atom is -0.269 e. The molecule has 0 amide bonds. The van der Waals surface area contributed by atoms with Crippen LogP contribution in [0, 0.1) is 10.1 Å². The lowest BCUT2D eigenvalue weighted by Crippen LogP contribution is -2.16.